The van der Waals surface area contributed by atoms with Crippen LogP contribution in [0.1, 0.15) is 12.1 Å². The largest absolute Gasteiger partial charge is 0.488 e. The van der Waals surface area contributed by atoms with E-state index < -0.39 is 11.8 Å². The van der Waals surface area contributed by atoms with E-state index in [1.807, 2.05) is 37.3 Å². The Kier molecular flexibility index (Phi) is 3.96. The number of nitrogens with zero attached hydrogens (tertiary/aromatic N) is 2. The summed E-state index contributed by atoms with van der Waals surface area (Å²) < 4.78 is 6.05. The molecule has 1 aromatic carbocycles. The summed E-state index contributed by atoms with van der Waals surface area (Å²) in [6.45, 7) is 2.51. The van der Waals surface area contributed by atoms with Gasteiger partial charge in [-0.1, -0.05) is 12.1 Å². The summed E-state index contributed by atoms with van der Waals surface area (Å²) in [5, 5.41) is 11.8. The highest BCUT2D eigenvalue weighted by molar-refractivity contribution is 5.85. The molecule has 3 N–H and O–H groups in total. The van der Waals surface area contributed by atoms with Crippen molar-refractivity contribution in [3.8, 4) is 5.75 Å². The Morgan fingerprint density at radius 3 is 2.95 bits per heavy atom. The molecule has 1 fully saturated rings. The first-order chi connectivity index (χ1) is 10.5. The van der Waals surface area contributed by atoms with Crippen molar-refractivity contribution in [2.45, 2.75) is 19.4 Å². The van der Waals surface area contributed by atoms with Crippen LogP contribution in [0.15, 0.2) is 30.3 Å². The van der Waals surface area contributed by atoms with Gasteiger partial charge in [-0.25, -0.2) is 0 Å². The summed E-state index contributed by atoms with van der Waals surface area (Å²) in [4.78, 5) is 15.9. The summed E-state index contributed by atoms with van der Waals surface area (Å²) in [5.74, 6) is -0.104. The van der Waals surface area contributed by atoms with E-state index in [4.69, 9.17) is 10.5 Å². The van der Waals surface area contributed by atoms with E-state index >= 15 is 0 Å². The molecule has 22 heavy (non-hydrogen) atoms. The maximum absolute atomic E-state index is 11.4. The van der Waals surface area contributed by atoms with Crippen molar-refractivity contribution in [3.05, 3.63) is 36.0 Å². The minimum atomic E-state index is -0.414. The number of aromatic nitrogens is 1. The normalized spacial score (nSPS) is 22.6. The molecular weight excluding hydrogens is 282 g/mol. The number of benzene rings is 1. The molecule has 2 aromatic rings. The molecule has 1 aliphatic rings. The van der Waals surface area contributed by atoms with Crippen LogP contribution in [0.2, 0.25) is 0 Å². The number of hydrogen-bond donors (Lipinski definition) is 2. The molecule has 6 heteroatoms. The van der Waals surface area contributed by atoms with Crippen LogP contribution in [0.3, 0.4) is 0 Å². The van der Waals surface area contributed by atoms with Gasteiger partial charge in [0, 0.05) is 23.7 Å². The van der Waals surface area contributed by atoms with Crippen molar-refractivity contribution in [1.29, 1.82) is 0 Å². The van der Waals surface area contributed by atoms with Crippen LogP contribution < -0.4 is 10.5 Å². The van der Waals surface area contributed by atoms with Crippen LogP contribution in [0.4, 0.5) is 0 Å². The van der Waals surface area contributed by atoms with Crippen LogP contribution in [0.25, 0.3) is 10.9 Å². The predicted molar refractivity (Wildman–Crippen MR) is 81.6 cm³/mol. The standard InChI is InChI=1S/C16H19N3O3/c1-10-6-15(13-4-2-3-5-14(13)18-10)22-12-7-11(16(17)20)8-19(21)9-12/h2-6,11-12,21H,7-9H2,1H3,(H2,17,20). The van der Waals surface area contributed by atoms with E-state index in [0.717, 1.165) is 21.7 Å². The number of ether oxygens (including phenoxy) is 1. The number of amides is 1. The maximum Gasteiger partial charge on any atom is 0.222 e. The quantitative estimate of drug-likeness (QED) is 0.896. The van der Waals surface area contributed by atoms with Crippen molar-refractivity contribution in [2.24, 2.45) is 11.7 Å². The number of para-hydroxylation sites is 1. The smallest absolute Gasteiger partial charge is 0.222 e. The molecule has 2 unspecified atom stereocenters. The fraction of sp³-hybridized carbons (Fsp3) is 0.375. The molecule has 1 amide bonds. The van der Waals surface area contributed by atoms with E-state index in [1.54, 1.807) is 0 Å². The SMILES string of the molecule is Cc1cc(OC2CC(C(N)=O)CN(O)C2)c2ccccc2n1. The van der Waals surface area contributed by atoms with Gasteiger partial charge in [-0.15, -0.1) is 0 Å². The van der Waals surface area contributed by atoms with Crippen LogP contribution in [0.5, 0.6) is 5.75 Å². The number of piperidine rings is 1. The van der Waals surface area contributed by atoms with Gasteiger partial charge in [-0.05, 0) is 25.5 Å². The summed E-state index contributed by atoms with van der Waals surface area (Å²) in [7, 11) is 0. The first kappa shape index (κ1) is 14.7. The minimum absolute atomic E-state index is 0.255. The third-order valence-corrected chi connectivity index (χ3v) is 3.90. The second-order valence-corrected chi connectivity index (χ2v) is 5.73. The lowest BCUT2D eigenvalue weighted by Gasteiger charge is -2.33. The molecule has 2 heterocycles. The average molecular weight is 301 g/mol. The summed E-state index contributed by atoms with van der Waals surface area (Å²) in [5.41, 5.74) is 7.08. The van der Waals surface area contributed by atoms with Gasteiger partial charge in [0.25, 0.3) is 0 Å². The molecule has 2 atom stereocenters. The van der Waals surface area contributed by atoms with Gasteiger partial charge >= 0.3 is 0 Å². The molecule has 116 valence electrons. The monoisotopic (exact) mass is 301 g/mol. The lowest BCUT2D eigenvalue weighted by Crippen LogP contribution is -2.47. The number of carbonyl (C=O) groups excluding carboxylic acids is 1. The Hall–Kier alpha value is -2.18. The van der Waals surface area contributed by atoms with Crippen molar-refractivity contribution in [1.82, 2.24) is 10.0 Å². The zero-order chi connectivity index (χ0) is 15.7. The van der Waals surface area contributed by atoms with E-state index in [1.165, 1.54) is 0 Å². The van der Waals surface area contributed by atoms with Gasteiger partial charge in [0.1, 0.15) is 11.9 Å². The van der Waals surface area contributed by atoms with Crippen molar-refractivity contribution >= 4 is 16.8 Å². The number of fused-ring (bicyclic) bond motifs is 1. The second-order valence-electron chi connectivity index (χ2n) is 5.73. The molecule has 0 saturated carbocycles. The lowest BCUT2D eigenvalue weighted by molar-refractivity contribution is -0.154. The number of primary amides is 1. The van der Waals surface area contributed by atoms with Crippen LogP contribution in [0, 0.1) is 12.8 Å². The Labute approximate surface area is 128 Å². The van der Waals surface area contributed by atoms with Gasteiger partial charge in [0.2, 0.25) is 5.91 Å². The molecular formula is C16H19N3O3. The van der Waals surface area contributed by atoms with Crippen LogP contribution >= 0.6 is 0 Å². The number of hydrogen-bond acceptors (Lipinski definition) is 5. The third kappa shape index (κ3) is 3.03. The summed E-state index contributed by atoms with van der Waals surface area (Å²) >= 11 is 0. The minimum Gasteiger partial charge on any atom is -0.488 e. The molecule has 0 radical (unpaired) electrons. The Morgan fingerprint density at radius 1 is 1.41 bits per heavy atom. The van der Waals surface area contributed by atoms with Crippen molar-refractivity contribution in [2.75, 3.05) is 13.1 Å². The summed E-state index contributed by atoms with van der Waals surface area (Å²) in [6.07, 6.45) is 0.212. The first-order valence-corrected chi connectivity index (χ1v) is 7.29. The lowest BCUT2D eigenvalue weighted by atomic mass is 9.96. The van der Waals surface area contributed by atoms with Crippen LogP contribution in [-0.4, -0.2) is 40.4 Å². The summed E-state index contributed by atoms with van der Waals surface area (Å²) in [6, 6.07) is 9.61. The fourth-order valence-corrected chi connectivity index (χ4v) is 2.87. The number of nitrogens with two attached hydrogens (primary N) is 1. The van der Waals surface area contributed by atoms with Gasteiger partial charge in [-0.3, -0.25) is 9.78 Å². The second kappa shape index (κ2) is 5.90. The molecule has 3 rings (SSSR count). The Balaban J connectivity index is 1.88. The molecule has 1 saturated heterocycles. The van der Waals surface area contributed by atoms with Gasteiger partial charge in [0.15, 0.2) is 0 Å². The highest BCUT2D eigenvalue weighted by atomic mass is 16.5. The fourth-order valence-electron chi connectivity index (χ4n) is 2.87. The van der Waals surface area contributed by atoms with E-state index in [0.29, 0.717) is 18.7 Å². The van der Waals surface area contributed by atoms with Crippen LogP contribution in [-0.2, 0) is 4.79 Å². The average Bonchev–Trinajstić information content (AvgIpc) is 2.46. The highest BCUT2D eigenvalue weighted by Gasteiger charge is 2.31. The van der Waals surface area contributed by atoms with E-state index in [-0.39, 0.29) is 12.6 Å². The number of carbonyl (C=O) groups is 1. The molecule has 1 aliphatic heterocycles. The van der Waals surface area contributed by atoms with E-state index in [2.05, 4.69) is 4.98 Å². The molecule has 0 spiro atoms. The first-order valence-electron chi connectivity index (χ1n) is 7.29. The predicted octanol–water partition coefficient (Wildman–Crippen LogP) is 1.49. The van der Waals surface area contributed by atoms with Crippen molar-refractivity contribution in [3.63, 3.8) is 0 Å². The van der Waals surface area contributed by atoms with Crippen molar-refractivity contribution < 1.29 is 14.7 Å². The van der Waals surface area contributed by atoms with Gasteiger partial charge in [0.05, 0.1) is 18.0 Å². The molecule has 0 bridgehead atoms. The zero-order valence-electron chi connectivity index (χ0n) is 12.4. The zero-order valence-corrected chi connectivity index (χ0v) is 12.4. The number of aryl methyl sites for hydroxylation is 1. The van der Waals surface area contributed by atoms with Gasteiger partial charge < -0.3 is 15.7 Å². The topological polar surface area (TPSA) is 88.7 Å². The number of hydroxylamine groups is 2. The maximum atomic E-state index is 11.4. The third-order valence-electron chi connectivity index (χ3n) is 3.90. The Morgan fingerprint density at radius 2 is 2.18 bits per heavy atom. The van der Waals surface area contributed by atoms with Gasteiger partial charge in [-0.2, -0.15) is 5.06 Å². The number of pyridine rings is 1. The molecule has 1 aromatic heterocycles. The number of rotatable bonds is 3. The Bertz CT molecular complexity index is 704. The molecule has 0 aliphatic carbocycles. The highest BCUT2D eigenvalue weighted by Crippen LogP contribution is 2.28. The van der Waals surface area contributed by atoms with E-state index in [9.17, 15) is 10.0 Å². The molecule has 6 nitrogen and oxygen atoms in total.